The Morgan fingerprint density at radius 1 is 1.08 bits per heavy atom. The van der Waals surface area contributed by atoms with Crippen LogP contribution in [0.1, 0.15) is 45.4 Å². The molecule has 0 unspecified atom stereocenters. The van der Waals surface area contributed by atoms with Gasteiger partial charge in [-0.05, 0) is 31.4 Å². The van der Waals surface area contributed by atoms with Crippen LogP contribution < -0.4 is 10.1 Å². The molecule has 0 atom stereocenters. The summed E-state index contributed by atoms with van der Waals surface area (Å²) < 4.78 is 11.5. The van der Waals surface area contributed by atoms with E-state index in [1.165, 1.54) is 6.42 Å². The van der Waals surface area contributed by atoms with Crippen molar-refractivity contribution in [1.29, 1.82) is 0 Å². The molecule has 0 heterocycles. The van der Waals surface area contributed by atoms with Crippen molar-refractivity contribution in [1.82, 2.24) is 0 Å². The van der Waals surface area contributed by atoms with Crippen molar-refractivity contribution < 1.29 is 14.3 Å². The molecule has 1 fully saturated rings. The first-order valence-electron chi connectivity index (χ1n) is 9.21. The monoisotopic (exact) mass is 341 g/mol. The fourth-order valence-corrected chi connectivity index (χ4v) is 3.60. The van der Waals surface area contributed by atoms with Crippen LogP contribution in [0.15, 0.2) is 36.4 Å². The predicted octanol–water partition coefficient (Wildman–Crippen LogP) is 4.92. The van der Waals surface area contributed by atoms with Gasteiger partial charge in [-0.15, -0.1) is 0 Å². The zero-order chi connectivity index (χ0) is 17.7. The van der Waals surface area contributed by atoms with Gasteiger partial charge in [-0.2, -0.15) is 0 Å². The normalized spacial score (nSPS) is 16.6. The number of ether oxygens (including phenoxy) is 2. The van der Waals surface area contributed by atoms with Crippen molar-refractivity contribution in [3.8, 4) is 5.75 Å². The van der Waals surface area contributed by atoms with E-state index in [0.717, 1.165) is 54.3 Å². The highest BCUT2D eigenvalue weighted by Crippen LogP contribution is 2.35. The number of hydrogen-bond donors (Lipinski definition) is 1. The number of fused-ring (bicyclic) bond motifs is 1. The standard InChI is InChI=1S/C21H27NO3/c1-3-15-25-19-12-11-18(16-9-5-6-10-17(16)19)22-20(23)21(24-2)13-7-4-8-14-21/h5-6,9-12H,3-4,7-8,13-15H2,1-2H3,(H,22,23). The van der Waals surface area contributed by atoms with Gasteiger partial charge >= 0.3 is 0 Å². The van der Waals surface area contributed by atoms with E-state index < -0.39 is 5.60 Å². The largest absolute Gasteiger partial charge is 0.493 e. The molecular formula is C21H27NO3. The molecule has 0 aliphatic heterocycles. The molecule has 0 saturated heterocycles. The topological polar surface area (TPSA) is 47.6 Å². The highest BCUT2D eigenvalue weighted by Gasteiger charge is 2.39. The van der Waals surface area contributed by atoms with E-state index >= 15 is 0 Å². The van der Waals surface area contributed by atoms with Crippen molar-refractivity contribution in [3.63, 3.8) is 0 Å². The van der Waals surface area contributed by atoms with E-state index in [1.54, 1.807) is 7.11 Å². The average Bonchev–Trinajstić information content (AvgIpc) is 2.67. The molecule has 1 amide bonds. The maximum absolute atomic E-state index is 13.0. The van der Waals surface area contributed by atoms with Gasteiger partial charge in [0.15, 0.2) is 0 Å². The zero-order valence-corrected chi connectivity index (χ0v) is 15.1. The van der Waals surface area contributed by atoms with Gasteiger partial charge in [-0.25, -0.2) is 0 Å². The summed E-state index contributed by atoms with van der Waals surface area (Å²) in [4.78, 5) is 13.0. The molecule has 0 spiro atoms. The van der Waals surface area contributed by atoms with Crippen molar-refractivity contribution >= 4 is 22.4 Å². The van der Waals surface area contributed by atoms with Crippen LogP contribution >= 0.6 is 0 Å². The lowest BCUT2D eigenvalue weighted by molar-refractivity contribution is -0.141. The van der Waals surface area contributed by atoms with E-state index in [2.05, 4.69) is 12.2 Å². The Hall–Kier alpha value is -2.07. The summed E-state index contributed by atoms with van der Waals surface area (Å²) in [5.74, 6) is 0.816. The summed E-state index contributed by atoms with van der Waals surface area (Å²) in [6, 6.07) is 11.9. The van der Waals surface area contributed by atoms with Crippen molar-refractivity contribution in [2.75, 3.05) is 19.0 Å². The van der Waals surface area contributed by atoms with Crippen LogP contribution in [0, 0.1) is 0 Å². The lowest BCUT2D eigenvalue weighted by atomic mass is 9.83. The maximum Gasteiger partial charge on any atom is 0.256 e. The highest BCUT2D eigenvalue weighted by atomic mass is 16.5. The molecule has 1 aliphatic rings. The van der Waals surface area contributed by atoms with Crippen molar-refractivity contribution in [3.05, 3.63) is 36.4 Å². The van der Waals surface area contributed by atoms with Gasteiger partial charge in [0, 0.05) is 23.6 Å². The Bertz CT molecular complexity index is 735. The summed E-state index contributed by atoms with van der Waals surface area (Å²) >= 11 is 0. The Morgan fingerprint density at radius 2 is 1.80 bits per heavy atom. The number of benzene rings is 2. The molecule has 4 heteroatoms. The Balaban J connectivity index is 1.90. The van der Waals surface area contributed by atoms with Crippen molar-refractivity contribution in [2.24, 2.45) is 0 Å². The summed E-state index contributed by atoms with van der Waals surface area (Å²) in [5.41, 5.74) is 0.114. The number of methoxy groups -OCH3 is 1. The average molecular weight is 341 g/mol. The SMILES string of the molecule is CCCOc1ccc(NC(=O)C2(OC)CCCCC2)c2ccccc12. The third-order valence-electron chi connectivity index (χ3n) is 5.06. The summed E-state index contributed by atoms with van der Waals surface area (Å²) in [6.07, 6.45) is 5.77. The predicted molar refractivity (Wildman–Crippen MR) is 101 cm³/mol. The molecule has 2 aromatic rings. The summed E-state index contributed by atoms with van der Waals surface area (Å²) in [7, 11) is 1.64. The number of anilines is 1. The lowest BCUT2D eigenvalue weighted by Crippen LogP contribution is -2.46. The molecule has 4 nitrogen and oxygen atoms in total. The van der Waals surface area contributed by atoms with Crippen LogP contribution in [0.4, 0.5) is 5.69 Å². The van der Waals surface area contributed by atoms with E-state index in [9.17, 15) is 4.79 Å². The van der Waals surface area contributed by atoms with Gasteiger partial charge in [0.2, 0.25) is 0 Å². The van der Waals surface area contributed by atoms with Crippen LogP contribution in [0.5, 0.6) is 5.75 Å². The molecule has 0 bridgehead atoms. The zero-order valence-electron chi connectivity index (χ0n) is 15.1. The van der Waals surface area contributed by atoms with Crippen LogP contribution in [0.25, 0.3) is 10.8 Å². The lowest BCUT2D eigenvalue weighted by Gasteiger charge is -2.34. The molecule has 1 N–H and O–H groups in total. The molecule has 3 rings (SSSR count). The molecule has 134 valence electrons. The Morgan fingerprint density at radius 3 is 2.48 bits per heavy atom. The van der Waals surface area contributed by atoms with Gasteiger partial charge in [0.05, 0.1) is 6.61 Å². The first kappa shape index (κ1) is 17.7. The van der Waals surface area contributed by atoms with Gasteiger partial charge in [0.1, 0.15) is 11.4 Å². The number of carbonyl (C=O) groups is 1. The second-order valence-corrected chi connectivity index (χ2v) is 6.72. The molecule has 0 aromatic heterocycles. The third-order valence-corrected chi connectivity index (χ3v) is 5.06. The Labute approximate surface area is 149 Å². The van der Waals surface area contributed by atoms with Gasteiger partial charge in [-0.1, -0.05) is 50.5 Å². The maximum atomic E-state index is 13.0. The minimum atomic E-state index is -0.698. The van der Waals surface area contributed by atoms with E-state index in [1.807, 2.05) is 36.4 Å². The molecule has 1 aliphatic carbocycles. The molecule has 25 heavy (non-hydrogen) atoms. The van der Waals surface area contributed by atoms with E-state index in [0.29, 0.717) is 6.61 Å². The summed E-state index contributed by atoms with van der Waals surface area (Å²) in [6.45, 7) is 2.77. The fraction of sp³-hybridized carbons (Fsp3) is 0.476. The number of amides is 1. The van der Waals surface area contributed by atoms with E-state index in [-0.39, 0.29) is 5.91 Å². The fourth-order valence-electron chi connectivity index (χ4n) is 3.60. The van der Waals surface area contributed by atoms with Crippen LogP contribution in [-0.4, -0.2) is 25.2 Å². The smallest absolute Gasteiger partial charge is 0.256 e. The number of rotatable bonds is 6. The van der Waals surface area contributed by atoms with Gasteiger partial charge < -0.3 is 14.8 Å². The minimum absolute atomic E-state index is 0.0397. The van der Waals surface area contributed by atoms with Crippen LogP contribution in [0.3, 0.4) is 0 Å². The minimum Gasteiger partial charge on any atom is -0.493 e. The van der Waals surface area contributed by atoms with Crippen LogP contribution in [-0.2, 0) is 9.53 Å². The number of hydrogen-bond acceptors (Lipinski definition) is 3. The van der Waals surface area contributed by atoms with E-state index in [4.69, 9.17) is 9.47 Å². The van der Waals surface area contributed by atoms with Gasteiger partial charge in [-0.3, -0.25) is 4.79 Å². The number of carbonyl (C=O) groups excluding carboxylic acids is 1. The molecule has 0 radical (unpaired) electrons. The van der Waals surface area contributed by atoms with Crippen LogP contribution in [0.2, 0.25) is 0 Å². The summed E-state index contributed by atoms with van der Waals surface area (Å²) in [5, 5.41) is 5.12. The Kier molecular flexibility index (Phi) is 5.59. The highest BCUT2D eigenvalue weighted by molar-refractivity contribution is 6.06. The number of nitrogens with one attached hydrogen (secondary N) is 1. The first-order valence-corrected chi connectivity index (χ1v) is 9.21. The second kappa shape index (κ2) is 7.87. The third kappa shape index (κ3) is 3.64. The van der Waals surface area contributed by atoms with Crippen molar-refractivity contribution in [2.45, 2.75) is 51.0 Å². The van der Waals surface area contributed by atoms with Gasteiger partial charge in [0.25, 0.3) is 5.91 Å². The molecule has 1 saturated carbocycles. The molecular weight excluding hydrogens is 314 g/mol. The molecule has 2 aromatic carbocycles. The first-order chi connectivity index (χ1) is 12.2. The quantitative estimate of drug-likeness (QED) is 0.811. The second-order valence-electron chi connectivity index (χ2n) is 6.72.